The number of aromatic nitrogens is 2. The molecule has 2 amide bonds. The van der Waals surface area contributed by atoms with Gasteiger partial charge in [0.05, 0.1) is 18.8 Å². The van der Waals surface area contributed by atoms with Crippen molar-refractivity contribution in [3.05, 3.63) is 17.0 Å². The molecule has 0 unspecified atom stereocenters. The Balaban J connectivity index is 1.92. The lowest BCUT2D eigenvalue weighted by atomic mass is 10.2. The number of rotatable bonds is 4. The number of carbonyl (C=O) groups excluding carboxylic acids is 2. The molecule has 1 atom stereocenters. The monoisotopic (exact) mass is 322 g/mol. The second-order valence-corrected chi connectivity index (χ2v) is 6.20. The van der Waals surface area contributed by atoms with Crippen LogP contribution >= 0.6 is 0 Å². The molecular formula is C16H26N4O3. The molecule has 7 nitrogen and oxygen atoms in total. The highest BCUT2D eigenvalue weighted by molar-refractivity contribution is 5.82. The molecule has 128 valence electrons. The predicted octanol–water partition coefficient (Wildman–Crippen LogP) is 0.514. The highest BCUT2D eigenvalue weighted by atomic mass is 16.5. The average molecular weight is 322 g/mol. The van der Waals surface area contributed by atoms with Crippen LogP contribution in [0.2, 0.25) is 0 Å². The number of aryl methyl sites for hydroxylation is 2. The second kappa shape index (κ2) is 7.12. The van der Waals surface area contributed by atoms with E-state index in [1.54, 1.807) is 19.0 Å². The summed E-state index contributed by atoms with van der Waals surface area (Å²) < 4.78 is 7.36. The first-order valence-electron chi connectivity index (χ1n) is 7.92. The molecule has 1 aliphatic heterocycles. The van der Waals surface area contributed by atoms with Gasteiger partial charge in [-0.3, -0.25) is 14.3 Å². The standard InChI is InChI=1S/C16H26N4O3/c1-11-12(2)17-20(13(11)3)7-6-15(21)19-8-9-23-14(10-19)16(22)18(4)5/h14H,6-10H2,1-5H3/t14-/m0/s1. The van der Waals surface area contributed by atoms with Crippen LogP contribution in [0, 0.1) is 20.8 Å². The fourth-order valence-electron chi connectivity index (χ4n) is 2.68. The van der Waals surface area contributed by atoms with Crippen molar-refractivity contribution in [3.8, 4) is 0 Å². The summed E-state index contributed by atoms with van der Waals surface area (Å²) >= 11 is 0. The van der Waals surface area contributed by atoms with Crippen LogP contribution in [0.4, 0.5) is 0 Å². The molecule has 1 aliphatic rings. The van der Waals surface area contributed by atoms with Crippen LogP contribution in [0.3, 0.4) is 0 Å². The Labute approximate surface area is 137 Å². The highest BCUT2D eigenvalue weighted by Crippen LogP contribution is 2.13. The number of amides is 2. The third kappa shape index (κ3) is 3.90. The summed E-state index contributed by atoms with van der Waals surface area (Å²) in [6.07, 6.45) is -0.178. The van der Waals surface area contributed by atoms with Gasteiger partial charge in [-0.05, 0) is 26.3 Å². The van der Waals surface area contributed by atoms with Crippen molar-refractivity contribution in [2.24, 2.45) is 0 Å². The highest BCUT2D eigenvalue weighted by Gasteiger charge is 2.30. The van der Waals surface area contributed by atoms with E-state index >= 15 is 0 Å². The Hall–Kier alpha value is -1.89. The molecule has 1 saturated heterocycles. The predicted molar refractivity (Wildman–Crippen MR) is 86.1 cm³/mol. The van der Waals surface area contributed by atoms with Gasteiger partial charge in [0.15, 0.2) is 6.10 Å². The number of hydrogen-bond acceptors (Lipinski definition) is 4. The van der Waals surface area contributed by atoms with Crippen molar-refractivity contribution in [1.82, 2.24) is 19.6 Å². The SMILES string of the molecule is Cc1nn(CCC(=O)N2CCO[C@H](C(=O)N(C)C)C2)c(C)c1C. The van der Waals surface area contributed by atoms with Crippen LogP contribution in [0.5, 0.6) is 0 Å². The summed E-state index contributed by atoms with van der Waals surface area (Å²) in [6, 6.07) is 0. The third-order valence-electron chi connectivity index (χ3n) is 4.42. The maximum absolute atomic E-state index is 12.4. The lowest BCUT2D eigenvalue weighted by Crippen LogP contribution is -2.51. The first-order chi connectivity index (χ1) is 10.8. The summed E-state index contributed by atoms with van der Waals surface area (Å²) in [6.45, 7) is 7.84. The third-order valence-corrected chi connectivity index (χ3v) is 4.42. The zero-order valence-electron chi connectivity index (χ0n) is 14.6. The molecule has 1 aromatic heterocycles. The van der Waals surface area contributed by atoms with Gasteiger partial charge in [-0.25, -0.2) is 0 Å². The first kappa shape index (κ1) is 17.5. The molecular weight excluding hydrogens is 296 g/mol. The summed E-state index contributed by atoms with van der Waals surface area (Å²) in [5.74, 6) is -0.0632. The summed E-state index contributed by atoms with van der Waals surface area (Å²) in [5, 5.41) is 4.45. The fourth-order valence-corrected chi connectivity index (χ4v) is 2.68. The lowest BCUT2D eigenvalue weighted by Gasteiger charge is -2.33. The Morgan fingerprint density at radius 2 is 2.00 bits per heavy atom. The van der Waals surface area contributed by atoms with E-state index in [9.17, 15) is 9.59 Å². The van der Waals surface area contributed by atoms with Crippen LogP contribution < -0.4 is 0 Å². The smallest absolute Gasteiger partial charge is 0.253 e. The molecule has 0 N–H and O–H groups in total. The number of nitrogens with zero attached hydrogens (tertiary/aromatic N) is 4. The van der Waals surface area contributed by atoms with Gasteiger partial charge in [-0.2, -0.15) is 5.10 Å². The van der Waals surface area contributed by atoms with Gasteiger partial charge < -0.3 is 14.5 Å². The van der Waals surface area contributed by atoms with Crippen molar-refractivity contribution >= 4 is 11.8 Å². The Morgan fingerprint density at radius 1 is 1.30 bits per heavy atom. The van der Waals surface area contributed by atoms with Gasteiger partial charge in [-0.15, -0.1) is 0 Å². The van der Waals surface area contributed by atoms with E-state index in [2.05, 4.69) is 5.10 Å². The molecule has 0 aromatic carbocycles. The van der Waals surface area contributed by atoms with E-state index in [-0.39, 0.29) is 11.8 Å². The molecule has 0 saturated carbocycles. The van der Waals surface area contributed by atoms with Crippen molar-refractivity contribution in [2.45, 2.75) is 39.8 Å². The molecule has 0 radical (unpaired) electrons. The molecule has 1 aromatic rings. The Morgan fingerprint density at radius 3 is 2.57 bits per heavy atom. The minimum absolute atomic E-state index is 0.0371. The first-order valence-corrected chi connectivity index (χ1v) is 7.92. The molecule has 7 heteroatoms. The van der Waals surface area contributed by atoms with Gasteiger partial charge in [0.1, 0.15) is 0 Å². The maximum Gasteiger partial charge on any atom is 0.253 e. The van der Waals surface area contributed by atoms with E-state index in [1.807, 2.05) is 25.5 Å². The molecule has 2 rings (SSSR count). The lowest BCUT2D eigenvalue weighted by molar-refractivity contribution is -0.152. The van der Waals surface area contributed by atoms with Crippen LogP contribution in [-0.2, 0) is 20.9 Å². The normalized spacial score (nSPS) is 18.1. The number of ether oxygens (including phenoxy) is 1. The second-order valence-electron chi connectivity index (χ2n) is 6.20. The molecule has 2 heterocycles. The minimum atomic E-state index is -0.557. The van der Waals surface area contributed by atoms with Gasteiger partial charge in [-0.1, -0.05) is 0 Å². The number of carbonyl (C=O) groups is 2. The molecule has 1 fully saturated rings. The number of hydrogen-bond donors (Lipinski definition) is 0. The summed E-state index contributed by atoms with van der Waals surface area (Å²) in [7, 11) is 3.38. The maximum atomic E-state index is 12.4. The van der Waals surface area contributed by atoms with Gasteiger partial charge >= 0.3 is 0 Å². The minimum Gasteiger partial charge on any atom is -0.365 e. The van der Waals surface area contributed by atoms with E-state index in [0.29, 0.717) is 32.7 Å². The van der Waals surface area contributed by atoms with Crippen LogP contribution in [0.1, 0.15) is 23.4 Å². The van der Waals surface area contributed by atoms with E-state index in [0.717, 1.165) is 11.4 Å². The molecule has 0 bridgehead atoms. The average Bonchev–Trinajstić information content (AvgIpc) is 2.79. The number of morpholine rings is 1. The molecule has 0 spiro atoms. The quantitative estimate of drug-likeness (QED) is 0.810. The van der Waals surface area contributed by atoms with Crippen LogP contribution in [-0.4, -0.2) is 71.3 Å². The summed E-state index contributed by atoms with van der Waals surface area (Å²) in [5.41, 5.74) is 3.26. The fraction of sp³-hybridized carbons (Fsp3) is 0.688. The Bertz CT molecular complexity index is 594. The molecule has 23 heavy (non-hydrogen) atoms. The van der Waals surface area contributed by atoms with Crippen molar-refractivity contribution < 1.29 is 14.3 Å². The van der Waals surface area contributed by atoms with Gasteiger partial charge in [0.25, 0.3) is 5.91 Å². The number of likely N-dealkylation sites (N-methyl/N-ethyl adjacent to an activating group) is 1. The zero-order valence-corrected chi connectivity index (χ0v) is 14.6. The topological polar surface area (TPSA) is 67.7 Å². The molecule has 0 aliphatic carbocycles. The van der Waals surface area contributed by atoms with E-state index in [1.165, 1.54) is 10.5 Å². The van der Waals surface area contributed by atoms with Crippen molar-refractivity contribution in [2.75, 3.05) is 33.8 Å². The summed E-state index contributed by atoms with van der Waals surface area (Å²) in [4.78, 5) is 27.6. The zero-order chi connectivity index (χ0) is 17.1. The van der Waals surface area contributed by atoms with Gasteiger partial charge in [0, 0.05) is 39.3 Å². The van der Waals surface area contributed by atoms with Crippen LogP contribution in [0.15, 0.2) is 0 Å². The largest absolute Gasteiger partial charge is 0.365 e. The Kier molecular flexibility index (Phi) is 5.41. The van der Waals surface area contributed by atoms with Crippen molar-refractivity contribution in [1.29, 1.82) is 0 Å². The van der Waals surface area contributed by atoms with Crippen molar-refractivity contribution in [3.63, 3.8) is 0 Å². The van der Waals surface area contributed by atoms with E-state index in [4.69, 9.17) is 4.74 Å². The van der Waals surface area contributed by atoms with Crippen LogP contribution in [0.25, 0.3) is 0 Å². The van der Waals surface area contributed by atoms with E-state index < -0.39 is 6.10 Å². The van der Waals surface area contributed by atoms with Gasteiger partial charge in [0.2, 0.25) is 5.91 Å².